The summed E-state index contributed by atoms with van der Waals surface area (Å²) in [6.45, 7) is 4.75. The molecule has 0 aromatic carbocycles. The SMILES string of the molecule is CCC(C)(C(=O)N(C)CCOC)C(N)=S. The molecule has 0 aliphatic heterocycles. The van der Waals surface area contributed by atoms with Crippen molar-refractivity contribution >= 4 is 23.1 Å². The van der Waals surface area contributed by atoms with Gasteiger partial charge in [-0.25, -0.2) is 0 Å². The highest BCUT2D eigenvalue weighted by molar-refractivity contribution is 7.80. The molecule has 0 saturated carbocycles. The van der Waals surface area contributed by atoms with Gasteiger partial charge in [-0.3, -0.25) is 4.79 Å². The van der Waals surface area contributed by atoms with Gasteiger partial charge in [0.2, 0.25) is 5.91 Å². The smallest absolute Gasteiger partial charge is 0.235 e. The molecule has 0 bridgehead atoms. The molecule has 2 N–H and O–H groups in total. The van der Waals surface area contributed by atoms with Gasteiger partial charge in [0, 0.05) is 20.7 Å². The number of ether oxygens (including phenoxy) is 1. The van der Waals surface area contributed by atoms with Crippen LogP contribution in [0.25, 0.3) is 0 Å². The zero-order valence-electron chi connectivity index (χ0n) is 9.87. The van der Waals surface area contributed by atoms with E-state index in [1.54, 1.807) is 26.0 Å². The molecule has 88 valence electrons. The van der Waals surface area contributed by atoms with E-state index in [2.05, 4.69) is 0 Å². The summed E-state index contributed by atoms with van der Waals surface area (Å²) in [5.41, 5.74) is 4.86. The van der Waals surface area contributed by atoms with E-state index in [-0.39, 0.29) is 10.9 Å². The first-order chi connectivity index (χ1) is 6.90. The van der Waals surface area contributed by atoms with Crippen LogP contribution in [0, 0.1) is 5.41 Å². The fourth-order valence-corrected chi connectivity index (χ4v) is 1.41. The van der Waals surface area contributed by atoms with E-state index in [1.807, 2.05) is 6.92 Å². The molecule has 15 heavy (non-hydrogen) atoms. The summed E-state index contributed by atoms with van der Waals surface area (Å²) >= 11 is 4.94. The van der Waals surface area contributed by atoms with Crippen LogP contribution in [0.4, 0.5) is 0 Å². The number of methoxy groups -OCH3 is 1. The summed E-state index contributed by atoms with van der Waals surface area (Å²) < 4.78 is 4.91. The van der Waals surface area contributed by atoms with Crippen LogP contribution < -0.4 is 5.73 Å². The molecule has 0 fully saturated rings. The summed E-state index contributed by atoms with van der Waals surface area (Å²) in [7, 11) is 3.33. The maximum atomic E-state index is 12.0. The molecule has 0 aromatic heterocycles. The molecule has 5 heteroatoms. The Morgan fingerprint density at radius 1 is 1.60 bits per heavy atom. The standard InChI is InChI=1S/C10H20N2O2S/c1-5-10(2,8(11)15)9(13)12(3)6-7-14-4/h5-7H2,1-4H3,(H2,11,15). The first-order valence-corrected chi connectivity index (χ1v) is 5.35. The summed E-state index contributed by atoms with van der Waals surface area (Å²) in [5.74, 6) is -0.0467. The molecule has 0 aromatic rings. The van der Waals surface area contributed by atoms with Crippen molar-refractivity contribution in [1.29, 1.82) is 0 Å². The molecule has 4 nitrogen and oxygen atoms in total. The number of nitrogens with two attached hydrogens (primary N) is 1. The average molecular weight is 232 g/mol. The number of carbonyl (C=O) groups excluding carboxylic acids is 1. The van der Waals surface area contributed by atoms with Crippen LogP contribution in [0.3, 0.4) is 0 Å². The van der Waals surface area contributed by atoms with Gasteiger partial charge in [-0.2, -0.15) is 0 Å². The molecule has 0 rings (SSSR count). The van der Waals surface area contributed by atoms with Crippen LogP contribution in [0.5, 0.6) is 0 Å². The van der Waals surface area contributed by atoms with E-state index in [0.29, 0.717) is 19.6 Å². The van der Waals surface area contributed by atoms with Gasteiger partial charge in [0.1, 0.15) is 0 Å². The Balaban J connectivity index is 4.58. The quantitative estimate of drug-likeness (QED) is 0.688. The molecule has 0 saturated heterocycles. The van der Waals surface area contributed by atoms with Crippen molar-refractivity contribution < 1.29 is 9.53 Å². The zero-order valence-corrected chi connectivity index (χ0v) is 10.7. The highest BCUT2D eigenvalue weighted by Crippen LogP contribution is 2.24. The molecule has 0 aliphatic rings. The Kier molecular flexibility index (Phi) is 5.75. The highest BCUT2D eigenvalue weighted by Gasteiger charge is 2.36. The molecule has 0 radical (unpaired) electrons. The summed E-state index contributed by atoms with van der Waals surface area (Å²) in [6, 6.07) is 0. The van der Waals surface area contributed by atoms with Crippen LogP contribution in [0.1, 0.15) is 20.3 Å². The minimum atomic E-state index is -0.738. The van der Waals surface area contributed by atoms with Gasteiger partial charge >= 0.3 is 0 Å². The lowest BCUT2D eigenvalue weighted by molar-refractivity contribution is -0.136. The number of hydrogen-bond acceptors (Lipinski definition) is 3. The first kappa shape index (κ1) is 14.3. The van der Waals surface area contributed by atoms with E-state index in [4.69, 9.17) is 22.7 Å². The molecular formula is C10H20N2O2S. The summed E-state index contributed by atoms with van der Waals surface area (Å²) in [4.78, 5) is 13.9. The summed E-state index contributed by atoms with van der Waals surface area (Å²) in [6.07, 6.45) is 0.610. The van der Waals surface area contributed by atoms with Crippen LogP contribution in [-0.2, 0) is 9.53 Å². The van der Waals surface area contributed by atoms with E-state index in [9.17, 15) is 4.79 Å². The third kappa shape index (κ3) is 3.43. The van der Waals surface area contributed by atoms with Gasteiger partial charge in [0.25, 0.3) is 0 Å². The van der Waals surface area contributed by atoms with Gasteiger partial charge < -0.3 is 15.4 Å². The third-order valence-corrected chi connectivity index (χ3v) is 3.15. The lowest BCUT2D eigenvalue weighted by Crippen LogP contribution is -2.48. The zero-order chi connectivity index (χ0) is 12.1. The Hall–Kier alpha value is -0.680. The third-order valence-electron chi connectivity index (χ3n) is 2.70. The van der Waals surface area contributed by atoms with Gasteiger partial charge in [-0.1, -0.05) is 19.1 Å². The normalized spacial score (nSPS) is 14.4. The number of rotatable bonds is 6. The average Bonchev–Trinajstić information content (AvgIpc) is 2.23. The molecule has 0 aliphatic carbocycles. The van der Waals surface area contributed by atoms with Crippen molar-refractivity contribution in [3.63, 3.8) is 0 Å². The largest absolute Gasteiger partial charge is 0.392 e. The Morgan fingerprint density at radius 3 is 2.47 bits per heavy atom. The van der Waals surface area contributed by atoms with Crippen molar-refractivity contribution in [2.75, 3.05) is 27.3 Å². The van der Waals surface area contributed by atoms with Crippen molar-refractivity contribution in [2.45, 2.75) is 20.3 Å². The number of nitrogens with zero attached hydrogens (tertiary/aromatic N) is 1. The van der Waals surface area contributed by atoms with Crippen molar-refractivity contribution in [3.8, 4) is 0 Å². The molecule has 0 spiro atoms. The van der Waals surface area contributed by atoms with Crippen molar-refractivity contribution in [2.24, 2.45) is 11.1 Å². The topological polar surface area (TPSA) is 55.6 Å². The predicted molar refractivity (Wildman–Crippen MR) is 64.7 cm³/mol. The number of carbonyl (C=O) groups is 1. The molecule has 0 heterocycles. The second-order valence-corrected chi connectivity index (χ2v) is 4.21. The number of amides is 1. The second kappa shape index (κ2) is 6.02. The maximum Gasteiger partial charge on any atom is 0.235 e. The van der Waals surface area contributed by atoms with E-state index < -0.39 is 5.41 Å². The minimum Gasteiger partial charge on any atom is -0.392 e. The first-order valence-electron chi connectivity index (χ1n) is 4.94. The van der Waals surface area contributed by atoms with Gasteiger partial charge in [-0.15, -0.1) is 0 Å². The van der Waals surface area contributed by atoms with Crippen molar-refractivity contribution in [3.05, 3.63) is 0 Å². The molecule has 1 amide bonds. The van der Waals surface area contributed by atoms with Crippen LogP contribution >= 0.6 is 12.2 Å². The predicted octanol–water partition coefficient (Wildman–Crippen LogP) is 0.794. The van der Waals surface area contributed by atoms with Crippen molar-refractivity contribution in [1.82, 2.24) is 4.90 Å². The van der Waals surface area contributed by atoms with Gasteiger partial charge in [0.15, 0.2) is 0 Å². The van der Waals surface area contributed by atoms with Gasteiger partial charge in [0.05, 0.1) is 17.0 Å². The number of likely N-dealkylation sites (N-methyl/N-ethyl adjacent to an activating group) is 1. The Morgan fingerprint density at radius 2 is 2.13 bits per heavy atom. The fraction of sp³-hybridized carbons (Fsp3) is 0.800. The second-order valence-electron chi connectivity index (χ2n) is 3.77. The fourth-order valence-electron chi connectivity index (χ4n) is 1.18. The Bertz CT molecular complexity index is 246. The highest BCUT2D eigenvalue weighted by atomic mass is 32.1. The molecule has 1 unspecified atom stereocenters. The maximum absolute atomic E-state index is 12.0. The lowest BCUT2D eigenvalue weighted by atomic mass is 9.86. The molecular weight excluding hydrogens is 212 g/mol. The molecule has 1 atom stereocenters. The van der Waals surface area contributed by atoms with E-state index in [0.717, 1.165) is 0 Å². The monoisotopic (exact) mass is 232 g/mol. The number of hydrogen-bond donors (Lipinski definition) is 1. The van der Waals surface area contributed by atoms with Gasteiger partial charge in [-0.05, 0) is 13.3 Å². The van der Waals surface area contributed by atoms with Crippen LogP contribution in [0.15, 0.2) is 0 Å². The lowest BCUT2D eigenvalue weighted by Gasteiger charge is -2.30. The van der Waals surface area contributed by atoms with E-state index in [1.165, 1.54) is 0 Å². The Labute approximate surface area is 96.8 Å². The summed E-state index contributed by atoms with van der Waals surface area (Å²) in [5, 5.41) is 0. The van der Waals surface area contributed by atoms with Crippen LogP contribution in [-0.4, -0.2) is 43.1 Å². The van der Waals surface area contributed by atoms with E-state index >= 15 is 0 Å². The minimum absolute atomic E-state index is 0.0467. The van der Waals surface area contributed by atoms with Crippen LogP contribution in [0.2, 0.25) is 0 Å². The number of thiocarbonyl (C=S) groups is 1.